The van der Waals surface area contributed by atoms with Crippen molar-refractivity contribution in [3.05, 3.63) is 10.1 Å². The van der Waals surface area contributed by atoms with Crippen LogP contribution in [0.2, 0.25) is 0 Å². The molecule has 2 heterocycles. The Morgan fingerprint density at radius 3 is 1.79 bits per heavy atom. The lowest BCUT2D eigenvalue weighted by molar-refractivity contribution is -0.488. The Hall–Kier alpha value is -0.760. The molecule has 0 aromatic carbocycles. The quantitative estimate of drug-likeness (QED) is 0.562. The molecule has 0 aromatic rings. The molecule has 7 heteroatoms. The number of hydrogen-bond acceptors (Lipinski definition) is 6. The Balaban J connectivity index is 1.92. The zero-order valence-electron chi connectivity index (χ0n) is 11.1. The summed E-state index contributed by atoms with van der Waals surface area (Å²) in [6.45, 7) is 3.86. The van der Waals surface area contributed by atoms with Gasteiger partial charge < -0.3 is 18.9 Å². The van der Waals surface area contributed by atoms with Crippen LogP contribution in [0.4, 0.5) is 0 Å². The molecule has 2 saturated heterocycles. The zero-order valence-corrected chi connectivity index (χ0v) is 11.1. The van der Waals surface area contributed by atoms with Gasteiger partial charge >= 0.3 is 0 Å². The van der Waals surface area contributed by atoms with Crippen molar-refractivity contribution in [1.29, 1.82) is 0 Å². The molecule has 2 spiro atoms. The van der Waals surface area contributed by atoms with Gasteiger partial charge in [-0.3, -0.25) is 10.1 Å². The van der Waals surface area contributed by atoms with E-state index in [1.54, 1.807) is 0 Å². The maximum Gasteiger partial charge on any atom is 0.204 e. The molecule has 1 aliphatic carbocycles. The highest BCUT2D eigenvalue weighted by Gasteiger charge is 2.71. The first-order chi connectivity index (χ1) is 9.04. The molecule has 19 heavy (non-hydrogen) atoms. The Kier molecular flexibility index (Phi) is 3.05. The molecule has 108 valence electrons. The average molecular weight is 273 g/mol. The minimum atomic E-state index is -0.798. The van der Waals surface area contributed by atoms with Crippen molar-refractivity contribution in [2.45, 2.75) is 37.8 Å². The summed E-state index contributed by atoms with van der Waals surface area (Å²) < 4.78 is 23.3. The first kappa shape index (κ1) is 13.2. The lowest BCUT2D eigenvalue weighted by Crippen LogP contribution is -2.55. The summed E-state index contributed by atoms with van der Waals surface area (Å²) >= 11 is 0. The number of hydrogen-bond donors (Lipinski definition) is 0. The summed E-state index contributed by atoms with van der Waals surface area (Å²) in [6, 6.07) is 0. The van der Waals surface area contributed by atoms with Crippen molar-refractivity contribution in [2.75, 3.05) is 33.0 Å². The Morgan fingerprint density at radius 2 is 1.42 bits per heavy atom. The number of rotatable bonds is 3. The standard InChI is InChI=1S/C12H19NO6/c1-10(4-5-13(14)15)11(16-6-7-17-11)2-3-12(10)18-8-9-19-12/h2-9H2,1H3. The summed E-state index contributed by atoms with van der Waals surface area (Å²) in [5.41, 5.74) is -0.653. The number of nitrogens with zero attached hydrogens (tertiary/aromatic N) is 1. The van der Waals surface area contributed by atoms with E-state index in [1.807, 2.05) is 6.92 Å². The minimum Gasteiger partial charge on any atom is -0.347 e. The van der Waals surface area contributed by atoms with Crippen molar-refractivity contribution in [3.8, 4) is 0 Å². The summed E-state index contributed by atoms with van der Waals surface area (Å²) in [6.07, 6.45) is 1.63. The van der Waals surface area contributed by atoms with Crippen molar-refractivity contribution < 1.29 is 23.9 Å². The van der Waals surface area contributed by atoms with E-state index in [0.717, 1.165) is 0 Å². The molecule has 0 N–H and O–H groups in total. The third-order valence-electron chi connectivity index (χ3n) is 4.77. The van der Waals surface area contributed by atoms with Crippen molar-refractivity contribution >= 4 is 0 Å². The Bertz CT molecular complexity index is 348. The van der Waals surface area contributed by atoms with E-state index in [9.17, 15) is 10.1 Å². The second-order valence-electron chi connectivity index (χ2n) is 5.54. The third kappa shape index (κ3) is 1.72. The second kappa shape index (κ2) is 4.37. The average Bonchev–Trinajstić information content (AvgIpc) is 3.07. The Labute approximate surface area is 111 Å². The van der Waals surface area contributed by atoms with Crippen molar-refractivity contribution in [2.24, 2.45) is 5.41 Å². The molecule has 3 rings (SSSR count). The van der Waals surface area contributed by atoms with E-state index in [2.05, 4.69) is 0 Å². The summed E-state index contributed by atoms with van der Waals surface area (Å²) in [4.78, 5) is 10.4. The lowest BCUT2D eigenvalue weighted by atomic mass is 9.76. The molecule has 7 nitrogen and oxygen atoms in total. The van der Waals surface area contributed by atoms with Crippen LogP contribution < -0.4 is 0 Å². The van der Waals surface area contributed by atoms with Crippen LogP contribution in [-0.2, 0) is 18.9 Å². The highest BCUT2D eigenvalue weighted by Crippen LogP contribution is 2.61. The predicted molar refractivity (Wildman–Crippen MR) is 63.1 cm³/mol. The SMILES string of the molecule is CC1(CC[N+](=O)[O-])C2(CCC13OCCO3)OCCO2. The summed E-state index contributed by atoms with van der Waals surface area (Å²) in [5.74, 6) is -1.60. The van der Waals surface area contributed by atoms with E-state index in [4.69, 9.17) is 18.9 Å². The van der Waals surface area contributed by atoms with Gasteiger partial charge in [0.25, 0.3) is 0 Å². The van der Waals surface area contributed by atoms with Gasteiger partial charge in [0, 0.05) is 24.2 Å². The van der Waals surface area contributed by atoms with E-state index < -0.39 is 17.0 Å². The minimum absolute atomic E-state index is 0.139. The van der Waals surface area contributed by atoms with Crippen LogP contribution in [-0.4, -0.2) is 49.5 Å². The fourth-order valence-electron chi connectivity index (χ4n) is 3.70. The largest absolute Gasteiger partial charge is 0.347 e. The molecular weight excluding hydrogens is 254 g/mol. The van der Waals surface area contributed by atoms with Gasteiger partial charge in [-0.15, -0.1) is 0 Å². The van der Waals surface area contributed by atoms with Gasteiger partial charge in [0.05, 0.1) is 31.8 Å². The van der Waals surface area contributed by atoms with E-state index in [-0.39, 0.29) is 11.5 Å². The zero-order chi connectivity index (χ0) is 13.6. The van der Waals surface area contributed by atoms with E-state index >= 15 is 0 Å². The third-order valence-corrected chi connectivity index (χ3v) is 4.77. The molecule has 2 aliphatic heterocycles. The van der Waals surface area contributed by atoms with Gasteiger partial charge in [-0.1, -0.05) is 0 Å². The molecule has 3 aliphatic rings. The molecule has 0 bridgehead atoms. The maximum atomic E-state index is 10.7. The summed E-state index contributed by atoms with van der Waals surface area (Å²) in [5, 5.41) is 10.7. The van der Waals surface area contributed by atoms with Gasteiger partial charge in [-0.2, -0.15) is 0 Å². The highest BCUT2D eigenvalue weighted by molar-refractivity contribution is 5.10. The normalized spacial score (nSPS) is 30.4. The molecule has 0 amide bonds. The monoisotopic (exact) mass is 273 g/mol. The lowest BCUT2D eigenvalue weighted by Gasteiger charge is -2.45. The van der Waals surface area contributed by atoms with Gasteiger partial charge in [-0.25, -0.2) is 0 Å². The first-order valence-electron chi connectivity index (χ1n) is 6.71. The van der Waals surface area contributed by atoms with Gasteiger partial charge in [-0.05, 0) is 6.92 Å². The molecule has 0 unspecified atom stereocenters. The highest BCUT2D eigenvalue weighted by atomic mass is 16.8. The molecule has 3 fully saturated rings. The molecule has 1 saturated carbocycles. The van der Waals surface area contributed by atoms with Crippen LogP contribution in [0.3, 0.4) is 0 Å². The summed E-state index contributed by atoms with van der Waals surface area (Å²) in [7, 11) is 0. The number of ether oxygens (including phenoxy) is 4. The topological polar surface area (TPSA) is 80.1 Å². The molecule has 0 radical (unpaired) electrons. The Morgan fingerprint density at radius 1 is 1.00 bits per heavy atom. The van der Waals surface area contributed by atoms with Crippen LogP contribution >= 0.6 is 0 Å². The molecule has 0 atom stereocenters. The van der Waals surface area contributed by atoms with Crippen LogP contribution in [0.15, 0.2) is 0 Å². The number of nitro groups is 1. The van der Waals surface area contributed by atoms with Gasteiger partial charge in [0.1, 0.15) is 0 Å². The van der Waals surface area contributed by atoms with Crippen molar-refractivity contribution in [3.63, 3.8) is 0 Å². The fourth-order valence-corrected chi connectivity index (χ4v) is 3.70. The smallest absolute Gasteiger partial charge is 0.204 e. The molecule has 0 aromatic heterocycles. The van der Waals surface area contributed by atoms with Crippen molar-refractivity contribution in [1.82, 2.24) is 0 Å². The van der Waals surface area contributed by atoms with Crippen LogP contribution in [0.5, 0.6) is 0 Å². The van der Waals surface area contributed by atoms with Crippen LogP contribution in [0.1, 0.15) is 26.2 Å². The van der Waals surface area contributed by atoms with Crippen LogP contribution in [0.25, 0.3) is 0 Å². The van der Waals surface area contributed by atoms with E-state index in [0.29, 0.717) is 45.7 Å². The fraction of sp³-hybridized carbons (Fsp3) is 1.00. The van der Waals surface area contributed by atoms with Crippen LogP contribution in [0, 0.1) is 15.5 Å². The first-order valence-corrected chi connectivity index (χ1v) is 6.71. The van der Waals surface area contributed by atoms with Gasteiger partial charge in [0.2, 0.25) is 6.54 Å². The second-order valence-corrected chi connectivity index (χ2v) is 5.54. The molecular formula is C12H19NO6. The predicted octanol–water partition coefficient (Wildman–Crippen LogP) is 0.940. The van der Waals surface area contributed by atoms with E-state index in [1.165, 1.54) is 0 Å². The maximum absolute atomic E-state index is 10.7. The van der Waals surface area contributed by atoms with Gasteiger partial charge in [0.15, 0.2) is 11.6 Å².